The van der Waals surface area contributed by atoms with Gasteiger partial charge >= 0.3 is 5.97 Å². The van der Waals surface area contributed by atoms with E-state index in [0.29, 0.717) is 16.4 Å². The van der Waals surface area contributed by atoms with Crippen molar-refractivity contribution in [3.8, 4) is 0 Å². The van der Waals surface area contributed by atoms with E-state index >= 15 is 0 Å². The van der Waals surface area contributed by atoms with Crippen LogP contribution < -0.4 is 5.32 Å². The van der Waals surface area contributed by atoms with E-state index in [2.05, 4.69) is 5.32 Å². The minimum absolute atomic E-state index is 0.317. The first kappa shape index (κ1) is 17.9. The third-order valence-corrected chi connectivity index (χ3v) is 6.22. The minimum atomic E-state index is -0.878. The molecule has 0 radical (unpaired) electrons. The number of thiophene rings is 2. The summed E-state index contributed by atoms with van der Waals surface area (Å²) in [5, 5.41) is 5.96. The van der Waals surface area contributed by atoms with Gasteiger partial charge in [-0.05, 0) is 30.9 Å². The maximum absolute atomic E-state index is 12.3. The van der Waals surface area contributed by atoms with E-state index in [1.54, 1.807) is 18.3 Å². The highest BCUT2D eigenvalue weighted by Gasteiger charge is 2.23. The van der Waals surface area contributed by atoms with Crippen LogP contribution in [0.3, 0.4) is 0 Å². The second kappa shape index (κ2) is 7.99. The molecule has 2 heterocycles. The molecule has 3 rings (SSSR count). The van der Waals surface area contributed by atoms with Crippen molar-refractivity contribution < 1.29 is 14.3 Å². The van der Waals surface area contributed by atoms with Gasteiger partial charge in [0.2, 0.25) is 0 Å². The molecule has 1 amide bonds. The molecule has 0 aliphatic rings. The van der Waals surface area contributed by atoms with Gasteiger partial charge in [-0.2, -0.15) is 0 Å². The van der Waals surface area contributed by atoms with Gasteiger partial charge in [0, 0.05) is 21.5 Å². The molecule has 0 fully saturated rings. The zero-order chi connectivity index (χ0) is 17.8. The third-order valence-electron chi connectivity index (χ3n) is 3.62. The van der Waals surface area contributed by atoms with Crippen LogP contribution in [0.5, 0.6) is 0 Å². The second-order valence-corrected chi connectivity index (χ2v) is 7.87. The number of amides is 1. The van der Waals surface area contributed by atoms with Crippen LogP contribution in [-0.4, -0.2) is 24.5 Å². The van der Waals surface area contributed by atoms with Crippen molar-refractivity contribution in [3.63, 3.8) is 0 Å². The highest BCUT2D eigenvalue weighted by Crippen LogP contribution is 2.35. The van der Waals surface area contributed by atoms with E-state index in [-0.39, 0.29) is 5.91 Å². The van der Waals surface area contributed by atoms with E-state index < -0.39 is 12.1 Å². The monoisotopic (exact) mass is 393 g/mol. The quantitative estimate of drug-likeness (QED) is 0.626. The lowest BCUT2D eigenvalue weighted by atomic mass is 10.2. The maximum Gasteiger partial charge on any atom is 0.350 e. The summed E-state index contributed by atoms with van der Waals surface area (Å²) in [7, 11) is 0. The zero-order valence-electron chi connectivity index (χ0n) is 13.5. The summed E-state index contributed by atoms with van der Waals surface area (Å²) < 4.78 is 6.18. The number of carbonyl (C=O) groups excluding carboxylic acids is 2. The first-order valence-corrected chi connectivity index (χ1v) is 9.82. The van der Waals surface area contributed by atoms with Gasteiger partial charge in [-0.1, -0.05) is 35.9 Å². The Bertz CT molecular complexity index is 889. The fraction of sp³-hybridized carbons (Fsp3) is 0.222. The van der Waals surface area contributed by atoms with Crippen LogP contribution in [0.1, 0.15) is 21.5 Å². The number of esters is 1. The maximum atomic E-state index is 12.3. The van der Waals surface area contributed by atoms with Crippen molar-refractivity contribution >= 4 is 56.2 Å². The Morgan fingerprint density at radius 1 is 1.24 bits per heavy atom. The van der Waals surface area contributed by atoms with Gasteiger partial charge in [-0.25, -0.2) is 4.79 Å². The smallest absolute Gasteiger partial charge is 0.350 e. The van der Waals surface area contributed by atoms with E-state index in [9.17, 15) is 9.59 Å². The predicted molar refractivity (Wildman–Crippen MR) is 103 cm³/mol. The molecule has 0 spiro atoms. The van der Waals surface area contributed by atoms with Gasteiger partial charge in [0.15, 0.2) is 6.10 Å². The van der Waals surface area contributed by atoms with Crippen LogP contribution in [0, 0.1) is 0 Å². The van der Waals surface area contributed by atoms with E-state index in [1.807, 2.05) is 41.8 Å². The molecule has 0 unspecified atom stereocenters. The van der Waals surface area contributed by atoms with Crippen LogP contribution in [-0.2, 0) is 16.0 Å². The molecule has 0 bridgehead atoms. The Kier molecular flexibility index (Phi) is 5.73. The number of nitrogens with one attached hydrogen (secondary N) is 1. The predicted octanol–water partition coefficient (Wildman–Crippen LogP) is 4.52. The van der Waals surface area contributed by atoms with Gasteiger partial charge in [-0.3, -0.25) is 4.79 Å². The molecule has 2 aromatic heterocycles. The number of rotatable bonds is 6. The molecule has 1 aromatic carbocycles. The number of benzene rings is 1. The number of fused-ring (bicyclic) bond motifs is 1. The Labute approximate surface area is 158 Å². The van der Waals surface area contributed by atoms with E-state index in [4.69, 9.17) is 16.3 Å². The van der Waals surface area contributed by atoms with Crippen molar-refractivity contribution in [2.75, 3.05) is 6.54 Å². The van der Waals surface area contributed by atoms with Crippen LogP contribution in [0.25, 0.3) is 10.1 Å². The molecular weight excluding hydrogens is 378 g/mol. The Morgan fingerprint density at radius 3 is 2.76 bits per heavy atom. The molecule has 3 aromatic rings. The van der Waals surface area contributed by atoms with E-state index in [0.717, 1.165) is 16.5 Å². The van der Waals surface area contributed by atoms with Crippen LogP contribution in [0.4, 0.5) is 0 Å². The molecule has 1 atom stereocenters. The molecule has 0 aliphatic heterocycles. The number of halogens is 1. The molecule has 4 nitrogen and oxygen atoms in total. The topological polar surface area (TPSA) is 55.4 Å². The fourth-order valence-electron chi connectivity index (χ4n) is 2.32. The number of ether oxygens (including phenoxy) is 1. The minimum Gasteiger partial charge on any atom is -0.448 e. The standard InChI is InChI=1S/C18H16ClNO3S2/c1-11(17(21)20-9-8-12-5-4-10-24-12)23-18(22)16-15(19)13-6-2-3-7-14(13)25-16/h2-7,10-11H,8-9H2,1H3,(H,20,21)/t11-/m0/s1. The first-order chi connectivity index (χ1) is 12.1. The lowest BCUT2D eigenvalue weighted by Gasteiger charge is -2.12. The molecule has 0 aliphatic carbocycles. The van der Waals surface area contributed by atoms with Gasteiger partial charge in [0.25, 0.3) is 5.91 Å². The Morgan fingerprint density at radius 2 is 2.04 bits per heavy atom. The van der Waals surface area contributed by atoms with Crippen molar-refractivity contribution in [1.29, 1.82) is 0 Å². The van der Waals surface area contributed by atoms with Gasteiger partial charge in [0.1, 0.15) is 4.88 Å². The fourth-order valence-corrected chi connectivity index (χ4v) is 4.42. The van der Waals surface area contributed by atoms with Crippen LogP contribution in [0.15, 0.2) is 41.8 Å². The lowest BCUT2D eigenvalue weighted by molar-refractivity contribution is -0.129. The zero-order valence-corrected chi connectivity index (χ0v) is 15.8. The largest absolute Gasteiger partial charge is 0.448 e. The van der Waals surface area contributed by atoms with Crippen molar-refractivity contribution in [1.82, 2.24) is 5.32 Å². The van der Waals surface area contributed by atoms with Crippen LogP contribution >= 0.6 is 34.3 Å². The molecule has 0 saturated heterocycles. The van der Waals surface area contributed by atoms with E-state index in [1.165, 1.54) is 16.2 Å². The summed E-state index contributed by atoms with van der Waals surface area (Å²) >= 11 is 9.18. The summed E-state index contributed by atoms with van der Waals surface area (Å²) in [6, 6.07) is 11.5. The van der Waals surface area contributed by atoms with Gasteiger partial charge in [0.05, 0.1) is 5.02 Å². The van der Waals surface area contributed by atoms with Gasteiger partial charge in [-0.15, -0.1) is 22.7 Å². The molecule has 7 heteroatoms. The van der Waals surface area contributed by atoms with Crippen molar-refractivity contribution in [3.05, 3.63) is 56.6 Å². The lowest BCUT2D eigenvalue weighted by Crippen LogP contribution is -2.36. The summed E-state index contributed by atoms with van der Waals surface area (Å²) in [6.45, 7) is 2.06. The summed E-state index contributed by atoms with van der Waals surface area (Å²) in [5.41, 5.74) is 0. The van der Waals surface area contributed by atoms with Crippen molar-refractivity contribution in [2.45, 2.75) is 19.4 Å². The third kappa shape index (κ3) is 4.21. The number of carbonyl (C=O) groups is 2. The second-order valence-electron chi connectivity index (χ2n) is 5.41. The number of hydrogen-bond acceptors (Lipinski definition) is 5. The summed E-state index contributed by atoms with van der Waals surface area (Å²) in [5.74, 6) is -0.894. The summed E-state index contributed by atoms with van der Waals surface area (Å²) in [6.07, 6.45) is -0.122. The molecule has 0 saturated carbocycles. The summed E-state index contributed by atoms with van der Waals surface area (Å²) in [4.78, 5) is 25.9. The van der Waals surface area contributed by atoms with Crippen LogP contribution in [0.2, 0.25) is 5.02 Å². The SMILES string of the molecule is C[C@H](OC(=O)c1sc2ccccc2c1Cl)C(=O)NCCc1cccs1. The Hall–Kier alpha value is -1.89. The first-order valence-electron chi connectivity index (χ1n) is 7.74. The average molecular weight is 394 g/mol. The Balaban J connectivity index is 1.57. The van der Waals surface area contributed by atoms with Crippen molar-refractivity contribution in [2.24, 2.45) is 0 Å². The molecule has 1 N–H and O–H groups in total. The normalized spacial score (nSPS) is 12.1. The number of hydrogen-bond donors (Lipinski definition) is 1. The highest BCUT2D eigenvalue weighted by molar-refractivity contribution is 7.21. The molecule has 130 valence electrons. The van der Waals surface area contributed by atoms with Gasteiger partial charge < -0.3 is 10.1 Å². The molecule has 25 heavy (non-hydrogen) atoms. The highest BCUT2D eigenvalue weighted by atomic mass is 35.5. The average Bonchev–Trinajstić information content (AvgIpc) is 3.23. The molecular formula is C18H16ClNO3S2.